The summed E-state index contributed by atoms with van der Waals surface area (Å²) in [5, 5.41) is 2.01. The normalized spacial score (nSPS) is 49.6. The van der Waals surface area contributed by atoms with Gasteiger partial charge in [0.05, 0.1) is 0 Å². The van der Waals surface area contributed by atoms with Crippen LogP contribution in [0.3, 0.4) is 0 Å². The lowest BCUT2D eigenvalue weighted by Gasteiger charge is -2.27. The molecule has 1 aliphatic carbocycles. The molecule has 0 radical (unpaired) electrons. The topological polar surface area (TPSA) is 3.24 Å². The predicted octanol–water partition coefficient (Wildman–Crippen LogP) is 3.46. The number of rotatable bonds is 0. The van der Waals surface area contributed by atoms with Gasteiger partial charge in [0.15, 0.2) is 0 Å². The molecule has 2 heterocycles. The lowest BCUT2D eigenvalue weighted by molar-refractivity contribution is 0.338. The van der Waals surface area contributed by atoms with Crippen LogP contribution in [0, 0.1) is 0 Å². The van der Waals surface area contributed by atoms with Crippen LogP contribution in [0.1, 0.15) is 46.0 Å². The fraction of sp³-hybridized carbons (Fsp3) is 0.923. The zero-order valence-electron chi connectivity index (χ0n) is 11.2. The summed E-state index contributed by atoms with van der Waals surface area (Å²) in [6.45, 7) is 5.02. The van der Waals surface area contributed by atoms with Crippen LogP contribution in [-0.4, -0.2) is 34.8 Å². The second kappa shape index (κ2) is 3.90. The van der Waals surface area contributed by atoms with E-state index in [4.69, 9.17) is 12.2 Å². The van der Waals surface area contributed by atoms with E-state index < -0.39 is 0 Å². The number of fused-ring (bicyclic) bond motifs is 2. The third kappa shape index (κ3) is 1.86. The second-order valence-corrected chi connectivity index (χ2v) is 8.72. The summed E-state index contributed by atoms with van der Waals surface area (Å²) >= 11 is 7.46. The maximum Gasteiger partial charge on any atom is 0.136 e. The van der Waals surface area contributed by atoms with Gasteiger partial charge in [0.1, 0.15) is 11.6 Å². The minimum atomic E-state index is 0.605. The molecule has 2 saturated heterocycles. The third-order valence-electron chi connectivity index (χ3n) is 5.71. The summed E-state index contributed by atoms with van der Waals surface area (Å²) in [6.07, 6.45) is 6.98. The van der Waals surface area contributed by atoms with Gasteiger partial charge in [-0.2, -0.15) is 0 Å². The number of hydrogen-bond donors (Lipinski definition) is 0. The maximum atomic E-state index is 5.48. The SMILES string of the molecule is CN1C(=S)SC2CC3(C)BC3(C)CCCCC21. The average molecular weight is 267 g/mol. The van der Waals surface area contributed by atoms with Crippen molar-refractivity contribution in [3.63, 3.8) is 0 Å². The van der Waals surface area contributed by atoms with Crippen LogP contribution in [0.25, 0.3) is 0 Å². The molecule has 1 saturated carbocycles. The Bertz CT molecular complexity index is 361. The second-order valence-electron chi connectivity index (χ2n) is 6.85. The Balaban J connectivity index is 1.82. The molecule has 2 aliphatic heterocycles. The zero-order chi connectivity index (χ0) is 12.3. The van der Waals surface area contributed by atoms with Crippen molar-refractivity contribution in [2.45, 2.75) is 67.9 Å². The zero-order valence-corrected chi connectivity index (χ0v) is 12.8. The first kappa shape index (κ1) is 12.3. The van der Waals surface area contributed by atoms with Crippen molar-refractivity contribution in [1.82, 2.24) is 4.90 Å². The standard InChI is InChI=1S/C13H22BNS2/c1-12-7-5-4-6-9-10(8-13(12,2)14-12)17-11(16)15(9)3/h9-10,14H,4-8H2,1-3H3. The van der Waals surface area contributed by atoms with Gasteiger partial charge in [0, 0.05) is 18.3 Å². The molecule has 4 heteroatoms. The number of thiocarbonyl (C=S) groups is 1. The minimum Gasteiger partial charge on any atom is -0.356 e. The van der Waals surface area contributed by atoms with Gasteiger partial charge in [-0.15, -0.1) is 0 Å². The Hall–Kier alpha value is 0.305. The van der Waals surface area contributed by atoms with E-state index in [9.17, 15) is 0 Å². The van der Waals surface area contributed by atoms with Crippen LogP contribution in [-0.2, 0) is 0 Å². The van der Waals surface area contributed by atoms with Crippen molar-refractivity contribution in [2.75, 3.05) is 7.05 Å². The van der Waals surface area contributed by atoms with Gasteiger partial charge in [-0.05, 0) is 12.8 Å². The molecular weight excluding hydrogens is 245 g/mol. The van der Waals surface area contributed by atoms with Gasteiger partial charge in [-0.3, -0.25) is 0 Å². The molecule has 0 bridgehead atoms. The molecule has 3 fully saturated rings. The van der Waals surface area contributed by atoms with E-state index in [0.717, 1.165) is 9.57 Å². The molecule has 17 heavy (non-hydrogen) atoms. The summed E-state index contributed by atoms with van der Waals surface area (Å²) in [5.41, 5.74) is 0. The van der Waals surface area contributed by atoms with Crippen molar-refractivity contribution in [3.05, 3.63) is 0 Å². The lowest BCUT2D eigenvalue weighted by atomic mass is 9.82. The monoisotopic (exact) mass is 267 g/mol. The fourth-order valence-corrected chi connectivity index (χ4v) is 6.07. The third-order valence-corrected chi connectivity index (χ3v) is 7.56. The van der Waals surface area contributed by atoms with Crippen LogP contribution in [0.5, 0.6) is 0 Å². The highest BCUT2D eigenvalue weighted by Gasteiger charge is 2.62. The summed E-state index contributed by atoms with van der Waals surface area (Å²) in [6, 6.07) is 0.715. The summed E-state index contributed by atoms with van der Waals surface area (Å²) in [4.78, 5) is 2.37. The Kier molecular flexibility index (Phi) is 2.83. The first-order valence-electron chi connectivity index (χ1n) is 6.89. The Morgan fingerprint density at radius 2 is 2.12 bits per heavy atom. The molecule has 0 aromatic rings. The van der Waals surface area contributed by atoms with Crippen molar-refractivity contribution in [3.8, 4) is 0 Å². The van der Waals surface area contributed by atoms with Crippen LogP contribution >= 0.6 is 24.0 Å². The van der Waals surface area contributed by atoms with Crippen LogP contribution < -0.4 is 0 Å². The molecule has 0 aromatic heterocycles. The molecule has 4 unspecified atom stereocenters. The van der Waals surface area contributed by atoms with Crippen molar-refractivity contribution in [1.29, 1.82) is 0 Å². The van der Waals surface area contributed by atoms with E-state index in [2.05, 4.69) is 25.8 Å². The van der Waals surface area contributed by atoms with E-state index in [1.165, 1.54) is 39.4 Å². The first-order valence-corrected chi connectivity index (χ1v) is 8.17. The van der Waals surface area contributed by atoms with Gasteiger partial charge in [-0.1, -0.05) is 67.7 Å². The van der Waals surface area contributed by atoms with Gasteiger partial charge in [-0.25, -0.2) is 0 Å². The van der Waals surface area contributed by atoms with Crippen molar-refractivity contribution >= 4 is 35.6 Å². The Morgan fingerprint density at radius 1 is 1.35 bits per heavy atom. The molecule has 3 aliphatic rings. The van der Waals surface area contributed by atoms with Gasteiger partial charge in [0.2, 0.25) is 0 Å². The highest BCUT2D eigenvalue weighted by molar-refractivity contribution is 8.23. The van der Waals surface area contributed by atoms with E-state index >= 15 is 0 Å². The molecule has 0 spiro atoms. The Labute approximate surface area is 115 Å². The van der Waals surface area contributed by atoms with Gasteiger partial charge < -0.3 is 4.90 Å². The predicted molar refractivity (Wildman–Crippen MR) is 82.5 cm³/mol. The van der Waals surface area contributed by atoms with E-state index in [0.29, 0.717) is 16.7 Å². The molecule has 0 aromatic carbocycles. The Morgan fingerprint density at radius 3 is 2.88 bits per heavy atom. The molecule has 1 nitrogen and oxygen atoms in total. The van der Waals surface area contributed by atoms with Crippen LogP contribution in [0.4, 0.5) is 0 Å². The minimum absolute atomic E-state index is 0.605. The van der Waals surface area contributed by atoms with Crippen molar-refractivity contribution < 1.29 is 0 Å². The summed E-state index contributed by atoms with van der Waals surface area (Å²) < 4.78 is 1.13. The van der Waals surface area contributed by atoms with Gasteiger partial charge in [0.25, 0.3) is 0 Å². The largest absolute Gasteiger partial charge is 0.356 e. The van der Waals surface area contributed by atoms with E-state index in [1.807, 2.05) is 11.8 Å². The maximum absolute atomic E-state index is 5.48. The van der Waals surface area contributed by atoms with E-state index in [-0.39, 0.29) is 0 Å². The fourth-order valence-electron chi connectivity index (χ4n) is 4.07. The highest BCUT2D eigenvalue weighted by Crippen LogP contribution is 2.74. The lowest BCUT2D eigenvalue weighted by Crippen LogP contribution is -2.33. The molecule has 0 amide bonds. The van der Waals surface area contributed by atoms with E-state index in [1.54, 1.807) is 0 Å². The summed E-state index contributed by atoms with van der Waals surface area (Å²) in [7, 11) is 3.65. The van der Waals surface area contributed by atoms with Crippen LogP contribution in [0.15, 0.2) is 0 Å². The first-order chi connectivity index (χ1) is 7.95. The molecule has 4 atom stereocenters. The van der Waals surface area contributed by atoms with Gasteiger partial charge >= 0.3 is 0 Å². The summed E-state index contributed by atoms with van der Waals surface area (Å²) in [5.74, 6) is 0. The molecule has 94 valence electrons. The number of nitrogens with zero attached hydrogens (tertiary/aromatic N) is 1. The quantitative estimate of drug-likeness (QED) is 0.489. The molecular formula is C13H22BNS2. The molecule has 3 rings (SSSR count). The highest BCUT2D eigenvalue weighted by atomic mass is 32.2. The average Bonchev–Trinajstić information content (AvgIpc) is 2.65. The number of thioether (sulfide) groups is 1. The number of hydrogen-bond acceptors (Lipinski definition) is 2. The van der Waals surface area contributed by atoms with Crippen molar-refractivity contribution in [2.24, 2.45) is 0 Å². The smallest absolute Gasteiger partial charge is 0.136 e. The van der Waals surface area contributed by atoms with Crippen LogP contribution in [0.2, 0.25) is 10.6 Å². The molecule has 0 N–H and O–H groups in total.